The molecular formula is C14H12Cl2N2O4S. The summed E-state index contributed by atoms with van der Waals surface area (Å²) in [7, 11) is -2.43. The highest BCUT2D eigenvalue weighted by Crippen LogP contribution is 2.35. The molecule has 2 aromatic rings. The standard InChI is InChI=1S/C14H12Cl2N2O4S/c1-7(19)11-12(9-5-4-8(15)6-10(9)16)17-14(23(3,20)21)18-13(11)22-2/h4-6H,1-3H3. The Hall–Kier alpha value is -1.70. The quantitative estimate of drug-likeness (QED) is 0.603. The molecule has 0 radical (unpaired) electrons. The third-order valence-electron chi connectivity index (χ3n) is 2.92. The third kappa shape index (κ3) is 3.63. The van der Waals surface area contributed by atoms with Gasteiger partial charge in [-0.25, -0.2) is 13.4 Å². The van der Waals surface area contributed by atoms with Crippen molar-refractivity contribution >= 4 is 38.8 Å². The van der Waals surface area contributed by atoms with E-state index in [4.69, 9.17) is 27.9 Å². The van der Waals surface area contributed by atoms with Crippen LogP contribution in [0.4, 0.5) is 0 Å². The zero-order valence-electron chi connectivity index (χ0n) is 12.4. The number of hydrogen-bond acceptors (Lipinski definition) is 6. The second-order valence-electron chi connectivity index (χ2n) is 4.69. The molecule has 0 saturated heterocycles. The monoisotopic (exact) mass is 374 g/mol. The Morgan fingerprint density at radius 1 is 1.22 bits per heavy atom. The van der Waals surface area contributed by atoms with Gasteiger partial charge < -0.3 is 4.74 Å². The van der Waals surface area contributed by atoms with Crippen molar-refractivity contribution in [2.24, 2.45) is 0 Å². The summed E-state index contributed by atoms with van der Waals surface area (Å²) in [6.07, 6.45) is 0.961. The van der Waals surface area contributed by atoms with Gasteiger partial charge in [-0.2, -0.15) is 4.98 Å². The molecule has 1 aromatic heterocycles. The topological polar surface area (TPSA) is 86.2 Å². The molecular weight excluding hydrogens is 363 g/mol. The number of methoxy groups -OCH3 is 1. The number of aromatic nitrogens is 2. The summed E-state index contributed by atoms with van der Waals surface area (Å²) in [6, 6.07) is 4.57. The van der Waals surface area contributed by atoms with Crippen LogP contribution in [0.2, 0.25) is 10.0 Å². The van der Waals surface area contributed by atoms with Gasteiger partial charge in [-0.1, -0.05) is 23.2 Å². The molecule has 0 aliphatic carbocycles. The molecule has 1 heterocycles. The van der Waals surface area contributed by atoms with Gasteiger partial charge in [0, 0.05) is 16.8 Å². The summed E-state index contributed by atoms with van der Waals surface area (Å²) in [4.78, 5) is 19.8. The van der Waals surface area contributed by atoms with Gasteiger partial charge >= 0.3 is 0 Å². The first kappa shape index (κ1) is 17.7. The fraction of sp³-hybridized carbons (Fsp3) is 0.214. The molecule has 0 spiro atoms. The maximum absolute atomic E-state index is 12.0. The van der Waals surface area contributed by atoms with Gasteiger partial charge in [0.05, 0.1) is 17.8 Å². The summed E-state index contributed by atoms with van der Waals surface area (Å²) >= 11 is 12.0. The van der Waals surface area contributed by atoms with Crippen molar-refractivity contribution in [3.05, 3.63) is 33.8 Å². The number of rotatable bonds is 4. The van der Waals surface area contributed by atoms with E-state index in [0.717, 1.165) is 6.26 Å². The largest absolute Gasteiger partial charge is 0.480 e. The van der Waals surface area contributed by atoms with Crippen LogP contribution in [0.1, 0.15) is 17.3 Å². The minimum atomic E-state index is -3.71. The molecule has 2 rings (SSSR count). The Bertz CT molecular complexity index is 898. The zero-order chi connectivity index (χ0) is 17.4. The summed E-state index contributed by atoms with van der Waals surface area (Å²) in [6.45, 7) is 1.30. The van der Waals surface area contributed by atoms with E-state index in [1.54, 1.807) is 12.1 Å². The Kier molecular flexibility index (Phi) is 4.93. The molecule has 1 aromatic carbocycles. The highest BCUT2D eigenvalue weighted by Gasteiger charge is 2.25. The van der Waals surface area contributed by atoms with Crippen LogP contribution in [0.5, 0.6) is 5.88 Å². The summed E-state index contributed by atoms with van der Waals surface area (Å²) in [5.74, 6) is -0.517. The van der Waals surface area contributed by atoms with Crippen LogP contribution in [0, 0.1) is 0 Å². The normalized spacial score (nSPS) is 11.3. The number of benzene rings is 1. The first-order valence-corrected chi connectivity index (χ1v) is 8.92. The fourth-order valence-corrected chi connectivity index (χ4v) is 2.93. The second-order valence-corrected chi connectivity index (χ2v) is 7.44. The maximum Gasteiger partial charge on any atom is 0.250 e. The number of halogens is 2. The molecule has 0 aliphatic rings. The highest BCUT2D eigenvalue weighted by atomic mass is 35.5. The molecule has 0 atom stereocenters. The molecule has 0 bridgehead atoms. The first-order valence-electron chi connectivity index (χ1n) is 6.27. The van der Waals surface area contributed by atoms with Gasteiger partial charge in [0.25, 0.3) is 5.16 Å². The van der Waals surface area contributed by atoms with E-state index in [1.165, 1.54) is 20.1 Å². The van der Waals surface area contributed by atoms with Crippen molar-refractivity contribution in [2.75, 3.05) is 13.4 Å². The van der Waals surface area contributed by atoms with Crippen molar-refractivity contribution in [2.45, 2.75) is 12.1 Å². The molecule has 0 saturated carbocycles. The van der Waals surface area contributed by atoms with E-state index >= 15 is 0 Å². The predicted octanol–water partition coefficient (Wildman–Crippen LogP) is 3.07. The van der Waals surface area contributed by atoms with E-state index in [2.05, 4.69) is 9.97 Å². The fourth-order valence-electron chi connectivity index (χ4n) is 1.93. The molecule has 0 amide bonds. The van der Waals surface area contributed by atoms with E-state index < -0.39 is 15.0 Å². The van der Waals surface area contributed by atoms with Crippen molar-refractivity contribution in [1.82, 2.24) is 9.97 Å². The van der Waals surface area contributed by atoms with Crippen LogP contribution in [-0.4, -0.2) is 37.5 Å². The predicted molar refractivity (Wildman–Crippen MR) is 87.2 cm³/mol. The lowest BCUT2D eigenvalue weighted by Crippen LogP contribution is -2.12. The van der Waals surface area contributed by atoms with Gasteiger partial charge in [0.2, 0.25) is 15.7 Å². The average Bonchev–Trinajstić information content (AvgIpc) is 2.44. The lowest BCUT2D eigenvalue weighted by molar-refractivity contribution is 0.101. The lowest BCUT2D eigenvalue weighted by Gasteiger charge is -2.13. The summed E-state index contributed by atoms with van der Waals surface area (Å²) in [5.41, 5.74) is 0.474. The van der Waals surface area contributed by atoms with E-state index in [1.807, 2.05) is 0 Å². The minimum absolute atomic E-state index is 0.0455. The SMILES string of the molecule is COc1nc(S(C)(=O)=O)nc(-c2ccc(Cl)cc2Cl)c1C(C)=O. The van der Waals surface area contributed by atoms with Crippen molar-refractivity contribution in [1.29, 1.82) is 0 Å². The van der Waals surface area contributed by atoms with Crippen molar-refractivity contribution in [3.63, 3.8) is 0 Å². The van der Waals surface area contributed by atoms with Crippen LogP contribution < -0.4 is 4.74 Å². The van der Waals surface area contributed by atoms with E-state index in [0.29, 0.717) is 10.6 Å². The number of ether oxygens (including phenoxy) is 1. The van der Waals surface area contributed by atoms with Gasteiger partial charge in [-0.05, 0) is 25.1 Å². The number of hydrogen-bond donors (Lipinski definition) is 0. The van der Waals surface area contributed by atoms with Crippen molar-refractivity contribution < 1.29 is 17.9 Å². The Morgan fingerprint density at radius 2 is 1.87 bits per heavy atom. The number of ketones is 1. The number of sulfone groups is 1. The van der Waals surface area contributed by atoms with Crippen LogP contribution in [0.3, 0.4) is 0 Å². The van der Waals surface area contributed by atoms with Crippen LogP contribution in [-0.2, 0) is 9.84 Å². The molecule has 9 heteroatoms. The number of nitrogens with zero attached hydrogens (tertiary/aromatic N) is 2. The lowest BCUT2D eigenvalue weighted by atomic mass is 10.0. The molecule has 0 unspecified atom stereocenters. The van der Waals surface area contributed by atoms with Gasteiger partial charge in [0.1, 0.15) is 5.56 Å². The van der Waals surface area contributed by atoms with Gasteiger partial charge in [-0.3, -0.25) is 4.79 Å². The highest BCUT2D eigenvalue weighted by molar-refractivity contribution is 7.90. The molecule has 0 N–H and O–H groups in total. The van der Waals surface area contributed by atoms with Gasteiger partial charge in [-0.15, -0.1) is 0 Å². The Balaban J connectivity index is 2.91. The molecule has 0 fully saturated rings. The number of carbonyl (C=O) groups excluding carboxylic acids is 1. The Labute approximate surface area is 143 Å². The van der Waals surface area contributed by atoms with Gasteiger partial charge in [0.15, 0.2) is 5.78 Å². The Morgan fingerprint density at radius 3 is 2.35 bits per heavy atom. The molecule has 6 nitrogen and oxygen atoms in total. The zero-order valence-corrected chi connectivity index (χ0v) is 14.8. The number of Topliss-reactive ketones (excluding diaryl/α,β-unsaturated/α-hetero) is 1. The van der Waals surface area contributed by atoms with Crippen LogP contribution >= 0.6 is 23.2 Å². The maximum atomic E-state index is 12.0. The number of carbonyl (C=O) groups is 1. The molecule has 0 aliphatic heterocycles. The van der Waals surface area contributed by atoms with E-state index in [-0.39, 0.29) is 27.9 Å². The third-order valence-corrected chi connectivity index (χ3v) is 4.31. The molecule has 23 heavy (non-hydrogen) atoms. The smallest absolute Gasteiger partial charge is 0.250 e. The first-order chi connectivity index (χ1) is 10.6. The van der Waals surface area contributed by atoms with E-state index in [9.17, 15) is 13.2 Å². The average molecular weight is 375 g/mol. The van der Waals surface area contributed by atoms with Crippen molar-refractivity contribution in [3.8, 4) is 17.1 Å². The second kappa shape index (κ2) is 6.43. The molecule has 122 valence electrons. The summed E-state index contributed by atoms with van der Waals surface area (Å²) in [5, 5.41) is 0.160. The minimum Gasteiger partial charge on any atom is -0.480 e. The van der Waals surface area contributed by atoms with Crippen LogP contribution in [0.25, 0.3) is 11.3 Å². The van der Waals surface area contributed by atoms with Crippen LogP contribution in [0.15, 0.2) is 23.4 Å². The summed E-state index contributed by atoms with van der Waals surface area (Å²) < 4.78 is 28.6.